The number of nitrogens with zero attached hydrogens (tertiary/aromatic N) is 1. The van der Waals surface area contributed by atoms with Crippen LogP contribution < -0.4 is 0 Å². The van der Waals surface area contributed by atoms with Crippen molar-refractivity contribution in [2.45, 2.75) is 64.7 Å². The fourth-order valence-electron chi connectivity index (χ4n) is 1.61. The van der Waals surface area contributed by atoms with E-state index in [9.17, 15) is 4.79 Å². The Balaban J connectivity index is 2.99. The van der Waals surface area contributed by atoms with Crippen molar-refractivity contribution in [3.05, 3.63) is 0 Å². The summed E-state index contributed by atoms with van der Waals surface area (Å²) < 4.78 is 4.65. The molecule has 0 spiro atoms. The van der Waals surface area contributed by atoms with Crippen LogP contribution in [0.5, 0.6) is 0 Å². The lowest BCUT2D eigenvalue weighted by Gasteiger charge is -2.01. The van der Waals surface area contributed by atoms with Crippen LogP contribution in [-0.2, 0) is 9.53 Å². The predicted octanol–water partition coefficient (Wildman–Crippen LogP) is 3.58. The molecule has 0 aromatic heterocycles. The van der Waals surface area contributed by atoms with Gasteiger partial charge in [0.15, 0.2) is 6.07 Å². The second-order valence-electron chi connectivity index (χ2n) is 4.08. The number of carbonyl (C=O) groups is 1. The van der Waals surface area contributed by atoms with Crippen molar-refractivity contribution in [1.82, 2.24) is 0 Å². The summed E-state index contributed by atoms with van der Waals surface area (Å²) in [6.07, 6.45) is 11.1. The van der Waals surface area contributed by atoms with Crippen molar-refractivity contribution in [2.24, 2.45) is 0 Å². The van der Waals surface area contributed by atoms with Crippen molar-refractivity contribution in [1.29, 1.82) is 5.26 Å². The van der Waals surface area contributed by atoms with E-state index in [-0.39, 0.29) is 0 Å². The van der Waals surface area contributed by atoms with Crippen LogP contribution in [0.25, 0.3) is 0 Å². The maximum Gasteiger partial charge on any atom is 0.411 e. The summed E-state index contributed by atoms with van der Waals surface area (Å²) in [5, 5.41) is 8.15. The number of esters is 1. The average Bonchev–Trinajstić information content (AvgIpc) is 2.31. The Bertz CT molecular complexity index is 208. The van der Waals surface area contributed by atoms with Crippen LogP contribution in [0.2, 0.25) is 0 Å². The largest absolute Gasteiger partial charge is 0.455 e. The Hall–Kier alpha value is -1.04. The van der Waals surface area contributed by atoms with Gasteiger partial charge < -0.3 is 4.74 Å². The normalized spacial score (nSPS) is 9.75. The van der Waals surface area contributed by atoms with Crippen molar-refractivity contribution in [3.8, 4) is 6.07 Å². The molecule has 0 rings (SSSR count). The molecule has 0 atom stereocenters. The van der Waals surface area contributed by atoms with E-state index in [1.54, 1.807) is 0 Å². The van der Waals surface area contributed by atoms with Gasteiger partial charge in [0, 0.05) is 0 Å². The molecule has 0 aliphatic heterocycles. The van der Waals surface area contributed by atoms with Gasteiger partial charge in [0.05, 0.1) is 6.61 Å². The molecule has 0 aromatic rings. The van der Waals surface area contributed by atoms with E-state index < -0.39 is 5.97 Å². The molecule has 3 heteroatoms. The molecule has 0 aromatic carbocycles. The fraction of sp³-hybridized carbons (Fsp3) is 0.846. The average molecular weight is 225 g/mol. The zero-order valence-corrected chi connectivity index (χ0v) is 10.3. The third kappa shape index (κ3) is 11.0. The van der Waals surface area contributed by atoms with E-state index in [0.29, 0.717) is 6.61 Å². The van der Waals surface area contributed by atoms with Gasteiger partial charge in [0.2, 0.25) is 0 Å². The highest BCUT2D eigenvalue weighted by atomic mass is 16.5. The minimum Gasteiger partial charge on any atom is -0.455 e. The van der Waals surface area contributed by atoms with Gasteiger partial charge in [-0.25, -0.2) is 4.79 Å². The molecule has 0 heterocycles. The zero-order valence-electron chi connectivity index (χ0n) is 10.3. The van der Waals surface area contributed by atoms with Gasteiger partial charge in [-0.05, 0) is 6.42 Å². The van der Waals surface area contributed by atoms with Crippen molar-refractivity contribution < 1.29 is 9.53 Å². The molecule has 0 unspecified atom stereocenters. The minimum absolute atomic E-state index is 0.391. The van der Waals surface area contributed by atoms with E-state index in [1.807, 2.05) is 0 Å². The second kappa shape index (κ2) is 12.0. The Morgan fingerprint density at radius 2 is 1.50 bits per heavy atom. The predicted molar refractivity (Wildman–Crippen MR) is 63.8 cm³/mol. The van der Waals surface area contributed by atoms with E-state index >= 15 is 0 Å². The van der Waals surface area contributed by atoms with E-state index in [1.165, 1.54) is 51.0 Å². The number of nitriles is 1. The molecule has 0 bridgehead atoms. The van der Waals surface area contributed by atoms with Crippen molar-refractivity contribution in [3.63, 3.8) is 0 Å². The highest BCUT2D eigenvalue weighted by Gasteiger charge is 1.97. The number of carbonyl (C=O) groups excluding carboxylic acids is 1. The number of unbranched alkanes of at least 4 members (excludes halogenated alkanes) is 8. The highest BCUT2D eigenvalue weighted by Crippen LogP contribution is 2.09. The van der Waals surface area contributed by atoms with E-state index in [4.69, 9.17) is 5.26 Å². The van der Waals surface area contributed by atoms with Crippen LogP contribution >= 0.6 is 0 Å². The van der Waals surface area contributed by atoms with Crippen LogP contribution in [-0.4, -0.2) is 12.6 Å². The molecule has 0 N–H and O–H groups in total. The van der Waals surface area contributed by atoms with Crippen LogP contribution in [0.15, 0.2) is 0 Å². The van der Waals surface area contributed by atoms with Gasteiger partial charge in [0.1, 0.15) is 0 Å². The van der Waals surface area contributed by atoms with Gasteiger partial charge in [-0.15, -0.1) is 0 Å². The fourth-order valence-corrected chi connectivity index (χ4v) is 1.61. The first kappa shape index (κ1) is 15.0. The quantitative estimate of drug-likeness (QED) is 0.324. The second-order valence-corrected chi connectivity index (χ2v) is 4.08. The number of ether oxygens (including phenoxy) is 1. The van der Waals surface area contributed by atoms with Crippen molar-refractivity contribution >= 4 is 5.97 Å². The molecule has 16 heavy (non-hydrogen) atoms. The van der Waals surface area contributed by atoms with Crippen LogP contribution in [0, 0.1) is 11.3 Å². The molecule has 0 saturated heterocycles. The van der Waals surface area contributed by atoms with E-state index in [0.717, 1.165) is 12.8 Å². The van der Waals surface area contributed by atoms with Crippen molar-refractivity contribution in [2.75, 3.05) is 6.61 Å². The van der Waals surface area contributed by atoms with Crippen LogP contribution in [0.1, 0.15) is 64.7 Å². The molecule has 0 aliphatic rings. The first-order chi connectivity index (χ1) is 7.81. The first-order valence-electron chi connectivity index (χ1n) is 6.38. The standard InChI is InChI=1S/C13H23NO2/c1-2-3-4-5-6-7-8-9-10-11-16-13(15)12-14/h2-11H2,1H3. The Labute approximate surface area is 98.8 Å². The lowest BCUT2D eigenvalue weighted by molar-refractivity contribution is -0.137. The zero-order chi connectivity index (χ0) is 12.1. The molecule has 0 radical (unpaired) electrons. The lowest BCUT2D eigenvalue weighted by Crippen LogP contribution is -2.02. The van der Waals surface area contributed by atoms with Crippen LogP contribution in [0.3, 0.4) is 0 Å². The minimum atomic E-state index is -0.764. The summed E-state index contributed by atoms with van der Waals surface area (Å²) in [5.74, 6) is -0.764. The maximum absolute atomic E-state index is 10.5. The molecule has 0 fully saturated rings. The Morgan fingerprint density at radius 1 is 1.00 bits per heavy atom. The third-order valence-electron chi connectivity index (χ3n) is 2.57. The SMILES string of the molecule is CCCCCCCCCCCOC(=O)C#N. The number of hydrogen-bond acceptors (Lipinski definition) is 3. The smallest absolute Gasteiger partial charge is 0.411 e. The molecule has 92 valence electrons. The summed E-state index contributed by atoms with van der Waals surface area (Å²) in [6, 6.07) is 1.43. The Morgan fingerprint density at radius 3 is 2.00 bits per heavy atom. The lowest BCUT2D eigenvalue weighted by atomic mass is 10.1. The summed E-state index contributed by atoms with van der Waals surface area (Å²) in [7, 11) is 0. The van der Waals surface area contributed by atoms with E-state index in [2.05, 4.69) is 11.7 Å². The molecule has 0 amide bonds. The molecule has 3 nitrogen and oxygen atoms in total. The van der Waals surface area contributed by atoms with Gasteiger partial charge in [-0.1, -0.05) is 58.3 Å². The molecular weight excluding hydrogens is 202 g/mol. The summed E-state index contributed by atoms with van der Waals surface area (Å²) in [5.41, 5.74) is 0. The van der Waals surface area contributed by atoms with Crippen LogP contribution in [0.4, 0.5) is 0 Å². The highest BCUT2D eigenvalue weighted by molar-refractivity contribution is 5.85. The first-order valence-corrected chi connectivity index (χ1v) is 6.38. The maximum atomic E-state index is 10.5. The topological polar surface area (TPSA) is 50.1 Å². The van der Waals surface area contributed by atoms with Gasteiger partial charge in [-0.2, -0.15) is 5.26 Å². The molecule has 0 aliphatic carbocycles. The summed E-state index contributed by atoms with van der Waals surface area (Å²) >= 11 is 0. The molecular formula is C13H23NO2. The van der Waals surface area contributed by atoms with Gasteiger partial charge in [-0.3, -0.25) is 0 Å². The number of rotatable bonds is 10. The Kier molecular flexibility index (Phi) is 11.2. The summed E-state index contributed by atoms with van der Waals surface area (Å²) in [6.45, 7) is 2.62. The third-order valence-corrected chi connectivity index (χ3v) is 2.57. The number of hydrogen-bond donors (Lipinski definition) is 0. The summed E-state index contributed by atoms with van der Waals surface area (Å²) in [4.78, 5) is 10.5. The van der Waals surface area contributed by atoms with Gasteiger partial charge in [0.25, 0.3) is 0 Å². The molecule has 0 saturated carbocycles. The van der Waals surface area contributed by atoms with Gasteiger partial charge >= 0.3 is 5.97 Å². The monoisotopic (exact) mass is 225 g/mol.